The molecule has 0 N–H and O–H groups in total. The van der Waals surface area contributed by atoms with Gasteiger partial charge < -0.3 is 0 Å². The van der Waals surface area contributed by atoms with Crippen LogP contribution in [-0.4, -0.2) is 4.57 Å². The molecular weight excluding hydrogens is 243 g/mol. The summed E-state index contributed by atoms with van der Waals surface area (Å²) >= 11 is 12.1. The van der Waals surface area contributed by atoms with Gasteiger partial charge in [0, 0.05) is 19.1 Å². The number of fused-ring (bicyclic) bond motifs is 1. The fraction of sp³-hybridized carbons (Fsp3) is 0.250. The first-order chi connectivity index (χ1) is 7.56. The zero-order valence-electron chi connectivity index (χ0n) is 9.30. The Balaban J connectivity index is 2.85. The van der Waals surface area contributed by atoms with Gasteiger partial charge in [-0.3, -0.25) is 0 Å². The van der Waals surface area contributed by atoms with Crippen molar-refractivity contribution >= 4 is 34.2 Å². The highest BCUT2D eigenvalue weighted by Gasteiger charge is 2.19. The van der Waals surface area contributed by atoms with Crippen LogP contribution in [0.4, 0.5) is 0 Å². The summed E-state index contributed by atoms with van der Waals surface area (Å²) in [6.45, 7) is 6.59. The van der Waals surface area contributed by atoms with E-state index in [4.69, 9.17) is 23.2 Å². The van der Waals surface area contributed by atoms with E-state index < -0.39 is 0 Å². The molecule has 1 heterocycles. The zero-order valence-corrected chi connectivity index (χ0v) is 10.8. The summed E-state index contributed by atoms with van der Waals surface area (Å²) in [5.41, 5.74) is 2.16. The first-order valence-corrected chi connectivity index (χ1v) is 5.76. The SMILES string of the molecule is C=CCn1c(C)[n+](C)c2cc(Cl)c(Cl)cc21. The van der Waals surface area contributed by atoms with Crippen LogP contribution in [0.3, 0.4) is 0 Å². The van der Waals surface area contributed by atoms with E-state index in [1.54, 1.807) is 0 Å². The molecule has 0 aliphatic rings. The molecule has 0 fully saturated rings. The number of hydrogen-bond donors (Lipinski definition) is 0. The Bertz CT molecular complexity index is 570. The second-order valence-electron chi connectivity index (χ2n) is 3.76. The maximum absolute atomic E-state index is 6.04. The Labute approximate surface area is 105 Å². The first kappa shape index (κ1) is 11.5. The van der Waals surface area contributed by atoms with Gasteiger partial charge in [0.25, 0.3) is 5.82 Å². The molecule has 0 saturated heterocycles. The van der Waals surface area contributed by atoms with Crippen molar-refractivity contribution in [3.63, 3.8) is 0 Å². The van der Waals surface area contributed by atoms with Gasteiger partial charge in [-0.15, -0.1) is 0 Å². The molecule has 0 atom stereocenters. The van der Waals surface area contributed by atoms with Gasteiger partial charge in [0.15, 0.2) is 11.0 Å². The van der Waals surface area contributed by atoms with Gasteiger partial charge in [-0.05, 0) is 0 Å². The molecule has 0 amide bonds. The number of aromatic nitrogens is 2. The summed E-state index contributed by atoms with van der Waals surface area (Å²) in [7, 11) is 2.02. The number of aryl methyl sites for hydroxylation is 1. The van der Waals surface area contributed by atoms with Gasteiger partial charge >= 0.3 is 0 Å². The summed E-state index contributed by atoms with van der Waals surface area (Å²) < 4.78 is 4.26. The predicted octanol–water partition coefficient (Wildman–Crippen LogP) is 3.27. The van der Waals surface area contributed by atoms with E-state index in [0.29, 0.717) is 10.0 Å². The zero-order chi connectivity index (χ0) is 11.9. The molecule has 1 aromatic heterocycles. The molecule has 2 aromatic rings. The highest BCUT2D eigenvalue weighted by molar-refractivity contribution is 6.42. The van der Waals surface area contributed by atoms with Gasteiger partial charge in [0.1, 0.15) is 6.54 Å². The number of nitrogens with zero attached hydrogens (tertiary/aromatic N) is 2. The van der Waals surface area contributed by atoms with Crippen LogP contribution in [-0.2, 0) is 13.6 Å². The Morgan fingerprint density at radius 2 is 2.00 bits per heavy atom. The van der Waals surface area contributed by atoms with Crippen molar-refractivity contribution in [3.05, 3.63) is 40.7 Å². The fourth-order valence-electron chi connectivity index (χ4n) is 1.90. The number of halogens is 2. The van der Waals surface area contributed by atoms with Gasteiger partial charge in [-0.2, -0.15) is 0 Å². The highest BCUT2D eigenvalue weighted by Crippen LogP contribution is 2.27. The number of hydrogen-bond acceptors (Lipinski definition) is 0. The number of rotatable bonds is 2. The maximum atomic E-state index is 6.04. The van der Waals surface area contributed by atoms with Gasteiger partial charge in [0.05, 0.1) is 17.1 Å². The molecule has 2 rings (SSSR count). The Hall–Kier alpha value is -0.990. The van der Waals surface area contributed by atoms with Crippen molar-refractivity contribution in [1.82, 2.24) is 4.57 Å². The van der Waals surface area contributed by atoms with Crippen molar-refractivity contribution in [3.8, 4) is 0 Å². The van der Waals surface area contributed by atoms with E-state index in [1.807, 2.05) is 25.3 Å². The van der Waals surface area contributed by atoms with E-state index in [0.717, 1.165) is 23.4 Å². The van der Waals surface area contributed by atoms with Gasteiger partial charge in [0.2, 0.25) is 0 Å². The normalized spacial score (nSPS) is 11.0. The van der Waals surface area contributed by atoms with E-state index in [9.17, 15) is 0 Å². The lowest BCUT2D eigenvalue weighted by Gasteiger charge is -1.96. The Morgan fingerprint density at radius 1 is 1.38 bits per heavy atom. The van der Waals surface area contributed by atoms with Crippen molar-refractivity contribution in [2.45, 2.75) is 13.5 Å². The molecule has 16 heavy (non-hydrogen) atoms. The molecule has 0 radical (unpaired) electrons. The average Bonchev–Trinajstić information content (AvgIpc) is 2.46. The standard InChI is InChI=1S/C12H13Cl2N2/c1-4-5-16-8(2)15(3)11-6-9(13)10(14)7-12(11)16/h4,6-7H,1,5H2,2-3H3/q+1. The topological polar surface area (TPSA) is 8.81 Å². The molecule has 0 aliphatic heterocycles. The highest BCUT2D eigenvalue weighted by atomic mass is 35.5. The third-order valence-electron chi connectivity index (χ3n) is 2.86. The molecule has 84 valence electrons. The number of benzene rings is 1. The van der Waals surface area contributed by atoms with Crippen molar-refractivity contribution in [1.29, 1.82) is 0 Å². The molecule has 0 spiro atoms. The monoisotopic (exact) mass is 255 g/mol. The fourth-order valence-corrected chi connectivity index (χ4v) is 2.22. The van der Waals surface area contributed by atoms with Gasteiger partial charge in [-0.25, -0.2) is 9.13 Å². The van der Waals surface area contributed by atoms with Gasteiger partial charge in [-0.1, -0.05) is 35.9 Å². The van der Waals surface area contributed by atoms with Crippen molar-refractivity contribution < 1.29 is 4.57 Å². The summed E-state index contributed by atoms with van der Waals surface area (Å²) in [6, 6.07) is 3.79. The Morgan fingerprint density at radius 3 is 2.62 bits per heavy atom. The third-order valence-corrected chi connectivity index (χ3v) is 3.58. The quantitative estimate of drug-likeness (QED) is 0.576. The van der Waals surface area contributed by atoms with Crippen LogP contribution < -0.4 is 4.57 Å². The summed E-state index contributed by atoms with van der Waals surface area (Å²) in [6.07, 6.45) is 1.87. The third kappa shape index (κ3) is 1.62. The predicted molar refractivity (Wildman–Crippen MR) is 68.1 cm³/mol. The average molecular weight is 256 g/mol. The second-order valence-corrected chi connectivity index (χ2v) is 4.57. The van der Waals surface area contributed by atoms with E-state index in [2.05, 4.69) is 22.6 Å². The minimum atomic E-state index is 0.581. The van der Waals surface area contributed by atoms with Crippen LogP contribution in [0.5, 0.6) is 0 Å². The molecular formula is C12H13Cl2N2+. The second kappa shape index (κ2) is 4.11. The lowest BCUT2D eigenvalue weighted by atomic mass is 10.3. The molecule has 0 aliphatic carbocycles. The smallest absolute Gasteiger partial charge is 0.230 e. The molecule has 0 unspecified atom stereocenters. The van der Waals surface area contributed by atoms with Crippen molar-refractivity contribution in [2.75, 3.05) is 0 Å². The van der Waals surface area contributed by atoms with Crippen LogP contribution in [0, 0.1) is 6.92 Å². The van der Waals surface area contributed by atoms with Crippen molar-refractivity contribution in [2.24, 2.45) is 7.05 Å². The molecule has 1 aromatic carbocycles. The van der Waals surface area contributed by atoms with Crippen LogP contribution in [0.15, 0.2) is 24.8 Å². The van der Waals surface area contributed by atoms with E-state index in [1.165, 1.54) is 0 Å². The molecule has 2 nitrogen and oxygen atoms in total. The minimum absolute atomic E-state index is 0.581. The summed E-state index contributed by atoms with van der Waals surface area (Å²) in [4.78, 5) is 0. The lowest BCUT2D eigenvalue weighted by molar-refractivity contribution is -0.652. The minimum Gasteiger partial charge on any atom is -0.230 e. The first-order valence-electron chi connectivity index (χ1n) is 5.01. The lowest BCUT2D eigenvalue weighted by Crippen LogP contribution is -2.30. The van der Waals surface area contributed by atoms with E-state index in [-0.39, 0.29) is 0 Å². The number of imidazole rings is 1. The number of allylic oxidation sites excluding steroid dienone is 1. The van der Waals surface area contributed by atoms with Crippen LogP contribution in [0.1, 0.15) is 5.82 Å². The summed E-state index contributed by atoms with van der Waals surface area (Å²) in [5, 5.41) is 1.16. The molecule has 0 saturated carbocycles. The Kier molecular flexibility index (Phi) is 2.96. The largest absolute Gasteiger partial charge is 0.254 e. The van der Waals surface area contributed by atoms with E-state index >= 15 is 0 Å². The molecule has 0 bridgehead atoms. The maximum Gasteiger partial charge on any atom is 0.254 e. The van der Waals surface area contributed by atoms with Crippen LogP contribution in [0.25, 0.3) is 11.0 Å². The van der Waals surface area contributed by atoms with Crippen LogP contribution >= 0.6 is 23.2 Å². The molecule has 4 heteroatoms. The van der Waals surface area contributed by atoms with Crippen LogP contribution in [0.2, 0.25) is 10.0 Å². The summed E-state index contributed by atoms with van der Waals surface area (Å²) in [5.74, 6) is 1.15.